The second-order valence-electron chi connectivity index (χ2n) is 27.6. The normalized spacial score (nSPS) is 18.3. The molecule has 540 valence electrons. The second kappa shape index (κ2) is 55.1. The number of unbranched alkanes of at least 4 members (excludes halogenated alkanes) is 38. The highest BCUT2D eigenvalue weighted by Gasteiger charge is 2.53. The Balaban J connectivity index is 1.58. The molecule has 15 heteroatoms. The standard InChI is InChI=1S/C80H133N3O12/c1-5-9-13-17-21-25-28-32-36-40-50-58-70(84)81-68(79(89)90-63-65-53-45-43-46-54-65)62-72(86)83-78-75(82-71(85)61-67(57-49-39-35-31-24-20-16-12-8-4)92-73(87)59-51-41-37-33-29-26-22-18-14-10-6-2)77(76-69(93-78)64-91-80(95-76)66-55-47-44-48-56-66)94-74(88)60-52-42-38-34-30-27-23-19-15-11-7-3/h43-48,53-56,67-69,75-78,80H,5-42,49-52,57-64H2,1-4H3,(H,81,84)(H,82,85)(H,83,86)/t67-,68+,69-,75-,76-,77-,78-,80?/m1/s1. The highest BCUT2D eigenvalue weighted by molar-refractivity contribution is 5.89. The lowest BCUT2D eigenvalue weighted by atomic mass is 9.93. The highest BCUT2D eigenvalue weighted by atomic mass is 16.7. The Morgan fingerprint density at radius 3 is 1.36 bits per heavy atom. The van der Waals surface area contributed by atoms with Crippen molar-refractivity contribution in [3.8, 4) is 0 Å². The minimum atomic E-state index is -1.36. The van der Waals surface area contributed by atoms with E-state index in [4.69, 9.17) is 28.4 Å². The minimum Gasteiger partial charge on any atom is -0.462 e. The lowest BCUT2D eigenvalue weighted by Crippen LogP contribution is -2.70. The van der Waals surface area contributed by atoms with Gasteiger partial charge in [-0.05, 0) is 37.7 Å². The van der Waals surface area contributed by atoms with Gasteiger partial charge >= 0.3 is 17.9 Å². The number of esters is 3. The van der Waals surface area contributed by atoms with Gasteiger partial charge < -0.3 is 44.4 Å². The molecule has 0 aliphatic carbocycles. The fraction of sp³-hybridized carbons (Fsp3) is 0.775. The van der Waals surface area contributed by atoms with E-state index in [0.29, 0.717) is 25.7 Å². The fourth-order valence-electron chi connectivity index (χ4n) is 13.1. The number of benzene rings is 2. The monoisotopic (exact) mass is 1330 g/mol. The number of nitrogens with one attached hydrogen (secondary N) is 3. The SMILES string of the molecule is CCCCCCCCCCCCCC(=O)N[C@@H](CC(=O)N[C@@H]1O[C@@H]2COC(c3ccccc3)O[C@H]2[C@H](OC(=O)CCCCCCCCCCCCC)[C@H]1NC(=O)C[C@@H](CCCCCCCCCCC)OC(=O)CCCCCCCCCCCCC)C(=O)OCc1ccccc1. The molecular weight excluding hydrogens is 1190 g/mol. The number of amides is 3. The van der Waals surface area contributed by atoms with Gasteiger partial charge in [-0.15, -0.1) is 0 Å². The van der Waals surface area contributed by atoms with Crippen LogP contribution in [-0.2, 0) is 63.8 Å². The molecule has 2 aromatic rings. The first kappa shape index (κ1) is 82.6. The molecular formula is C80H133N3O12. The molecule has 0 bridgehead atoms. The van der Waals surface area contributed by atoms with Crippen LogP contribution in [0.4, 0.5) is 0 Å². The number of rotatable bonds is 59. The van der Waals surface area contributed by atoms with Crippen LogP contribution in [0.2, 0.25) is 0 Å². The fourth-order valence-corrected chi connectivity index (χ4v) is 13.1. The Morgan fingerprint density at radius 1 is 0.453 bits per heavy atom. The second-order valence-corrected chi connectivity index (χ2v) is 27.6. The van der Waals surface area contributed by atoms with Crippen LogP contribution in [0.5, 0.6) is 0 Å². The quantitative estimate of drug-likeness (QED) is 0.0323. The molecule has 8 atom stereocenters. The summed E-state index contributed by atoms with van der Waals surface area (Å²) in [7, 11) is 0. The molecule has 2 heterocycles. The van der Waals surface area contributed by atoms with Crippen molar-refractivity contribution < 1.29 is 57.2 Å². The summed E-state index contributed by atoms with van der Waals surface area (Å²) in [5.74, 6) is -3.14. The average molecular weight is 1330 g/mol. The van der Waals surface area contributed by atoms with E-state index in [1.165, 1.54) is 161 Å². The number of hydrogen-bond acceptors (Lipinski definition) is 12. The van der Waals surface area contributed by atoms with E-state index in [-0.39, 0.29) is 50.8 Å². The van der Waals surface area contributed by atoms with Crippen LogP contribution in [0, 0.1) is 0 Å². The Kier molecular flexibility index (Phi) is 47.9. The van der Waals surface area contributed by atoms with Gasteiger partial charge in [-0.1, -0.05) is 332 Å². The number of fused-ring (bicyclic) bond motifs is 1. The van der Waals surface area contributed by atoms with Crippen molar-refractivity contribution in [1.82, 2.24) is 16.0 Å². The third-order valence-electron chi connectivity index (χ3n) is 18.9. The summed E-state index contributed by atoms with van der Waals surface area (Å²) in [6.07, 6.45) is 41.7. The van der Waals surface area contributed by atoms with Crippen LogP contribution in [0.25, 0.3) is 0 Å². The van der Waals surface area contributed by atoms with Crippen molar-refractivity contribution in [2.45, 2.75) is 392 Å². The van der Waals surface area contributed by atoms with E-state index in [1.54, 1.807) is 0 Å². The zero-order chi connectivity index (χ0) is 68.0. The molecule has 3 amide bonds. The molecule has 15 nitrogen and oxygen atoms in total. The molecule has 95 heavy (non-hydrogen) atoms. The van der Waals surface area contributed by atoms with Crippen LogP contribution >= 0.6 is 0 Å². The number of carbonyl (C=O) groups excluding carboxylic acids is 6. The third-order valence-corrected chi connectivity index (χ3v) is 18.9. The highest BCUT2D eigenvalue weighted by Crippen LogP contribution is 2.36. The molecule has 2 aliphatic heterocycles. The van der Waals surface area contributed by atoms with E-state index in [1.807, 2.05) is 60.7 Å². The molecule has 3 N–H and O–H groups in total. The van der Waals surface area contributed by atoms with Gasteiger partial charge in [0.05, 0.1) is 19.4 Å². The summed E-state index contributed by atoms with van der Waals surface area (Å²) in [4.78, 5) is 85.4. The smallest absolute Gasteiger partial charge is 0.329 e. The van der Waals surface area contributed by atoms with Crippen LogP contribution in [0.15, 0.2) is 60.7 Å². The summed E-state index contributed by atoms with van der Waals surface area (Å²) in [5, 5.41) is 8.91. The van der Waals surface area contributed by atoms with Gasteiger partial charge in [0, 0.05) is 24.8 Å². The molecule has 2 aliphatic rings. The Morgan fingerprint density at radius 2 is 0.874 bits per heavy atom. The Labute approximate surface area is 576 Å². The number of carbonyl (C=O) groups is 6. The minimum absolute atomic E-state index is 0.0106. The zero-order valence-corrected chi connectivity index (χ0v) is 60.1. The predicted molar refractivity (Wildman–Crippen MR) is 381 cm³/mol. The number of ether oxygens (including phenoxy) is 6. The molecule has 2 saturated heterocycles. The predicted octanol–water partition coefficient (Wildman–Crippen LogP) is 19.3. The average Bonchev–Trinajstić information content (AvgIpc) is 0.773. The lowest BCUT2D eigenvalue weighted by Gasteiger charge is -2.49. The van der Waals surface area contributed by atoms with Crippen molar-refractivity contribution in [2.75, 3.05) is 6.61 Å². The number of hydrogen-bond donors (Lipinski definition) is 3. The van der Waals surface area contributed by atoms with E-state index >= 15 is 0 Å². The zero-order valence-electron chi connectivity index (χ0n) is 60.1. The maximum Gasteiger partial charge on any atom is 0.329 e. The van der Waals surface area contributed by atoms with Gasteiger partial charge in [0.2, 0.25) is 17.7 Å². The summed E-state index contributed by atoms with van der Waals surface area (Å²) >= 11 is 0. The van der Waals surface area contributed by atoms with E-state index < -0.39 is 79.2 Å². The van der Waals surface area contributed by atoms with Gasteiger partial charge in [0.15, 0.2) is 18.6 Å². The molecule has 0 spiro atoms. The van der Waals surface area contributed by atoms with Gasteiger partial charge in [-0.3, -0.25) is 24.0 Å². The van der Waals surface area contributed by atoms with Gasteiger partial charge in [-0.25, -0.2) is 4.79 Å². The molecule has 0 saturated carbocycles. The molecule has 1 unspecified atom stereocenters. The van der Waals surface area contributed by atoms with Crippen molar-refractivity contribution in [3.63, 3.8) is 0 Å². The largest absolute Gasteiger partial charge is 0.462 e. The van der Waals surface area contributed by atoms with Crippen molar-refractivity contribution in [2.24, 2.45) is 0 Å². The Hall–Kier alpha value is -4.86. The molecule has 2 fully saturated rings. The van der Waals surface area contributed by atoms with E-state index in [0.717, 1.165) is 101 Å². The van der Waals surface area contributed by atoms with Crippen molar-refractivity contribution >= 4 is 35.6 Å². The van der Waals surface area contributed by atoms with Crippen LogP contribution in [0.3, 0.4) is 0 Å². The van der Waals surface area contributed by atoms with Crippen molar-refractivity contribution in [3.05, 3.63) is 71.8 Å². The van der Waals surface area contributed by atoms with Crippen LogP contribution in [-0.4, -0.2) is 85.0 Å². The van der Waals surface area contributed by atoms with Crippen molar-refractivity contribution in [1.29, 1.82) is 0 Å². The summed E-state index contributed by atoms with van der Waals surface area (Å²) in [6.45, 7) is 8.85. The summed E-state index contributed by atoms with van der Waals surface area (Å²) in [6, 6.07) is 16.0. The van der Waals surface area contributed by atoms with Gasteiger partial charge in [-0.2, -0.15) is 0 Å². The van der Waals surface area contributed by atoms with Gasteiger partial charge in [0.25, 0.3) is 0 Å². The molecule has 2 aromatic carbocycles. The van der Waals surface area contributed by atoms with Crippen LogP contribution < -0.4 is 16.0 Å². The van der Waals surface area contributed by atoms with E-state index in [2.05, 4.69) is 43.6 Å². The first-order valence-electron chi connectivity index (χ1n) is 39.0. The molecule has 0 radical (unpaired) electrons. The van der Waals surface area contributed by atoms with E-state index in [9.17, 15) is 28.8 Å². The maximum absolute atomic E-state index is 14.9. The molecule has 0 aromatic heterocycles. The molecule has 4 rings (SSSR count). The maximum atomic E-state index is 14.9. The Bertz CT molecular complexity index is 2270. The first-order valence-corrected chi connectivity index (χ1v) is 39.0. The summed E-state index contributed by atoms with van der Waals surface area (Å²) in [5.41, 5.74) is 1.48. The summed E-state index contributed by atoms with van der Waals surface area (Å²) < 4.78 is 38.2. The topological polar surface area (TPSA) is 194 Å². The van der Waals surface area contributed by atoms with Crippen LogP contribution in [0.1, 0.15) is 353 Å². The first-order chi connectivity index (χ1) is 46.5. The lowest BCUT2D eigenvalue weighted by molar-refractivity contribution is -0.318. The van der Waals surface area contributed by atoms with Gasteiger partial charge in [0.1, 0.15) is 37.0 Å². The third kappa shape index (κ3) is 39.4.